The molecule has 5 rings (SSSR count). The smallest absolute Gasteiger partial charge is 0.259 e. The number of nitrogens with zero attached hydrogens (tertiary/aromatic N) is 4. The minimum Gasteiger partial charge on any atom is -0.322 e. The quantitative estimate of drug-likeness (QED) is 0.402. The molecule has 2 aromatic carbocycles. The zero-order valence-corrected chi connectivity index (χ0v) is 17.8. The van der Waals surface area contributed by atoms with Crippen LogP contribution in [0.2, 0.25) is 0 Å². The monoisotopic (exact) mass is 431 g/mol. The third kappa shape index (κ3) is 4.70. The van der Waals surface area contributed by atoms with Crippen molar-refractivity contribution in [1.82, 2.24) is 19.7 Å². The molecule has 0 radical (unpaired) electrons. The lowest BCUT2D eigenvalue weighted by molar-refractivity contribution is 0.102. The molecule has 1 N–H and O–H groups in total. The van der Waals surface area contributed by atoms with Gasteiger partial charge >= 0.3 is 0 Å². The highest BCUT2D eigenvalue weighted by molar-refractivity contribution is 6.08. The van der Waals surface area contributed by atoms with Crippen molar-refractivity contribution in [2.75, 3.05) is 5.32 Å². The molecule has 0 fully saturated rings. The van der Waals surface area contributed by atoms with Crippen LogP contribution in [0.25, 0.3) is 16.9 Å². The largest absolute Gasteiger partial charge is 0.322 e. The van der Waals surface area contributed by atoms with Crippen molar-refractivity contribution in [1.29, 1.82) is 0 Å². The van der Waals surface area contributed by atoms with E-state index >= 15 is 0 Å². The molecule has 0 aliphatic carbocycles. The van der Waals surface area contributed by atoms with E-state index in [0.717, 1.165) is 28.9 Å². The van der Waals surface area contributed by atoms with E-state index in [9.17, 15) is 4.79 Å². The van der Waals surface area contributed by atoms with E-state index in [0.29, 0.717) is 11.3 Å². The molecule has 160 valence electrons. The Balaban J connectivity index is 1.40. The fraction of sp³-hybridized carbons (Fsp3) is 0.0370. The number of benzene rings is 2. The molecule has 0 unspecified atom stereocenters. The van der Waals surface area contributed by atoms with Crippen LogP contribution in [0.5, 0.6) is 0 Å². The Hall–Kier alpha value is -4.58. The van der Waals surface area contributed by atoms with Crippen LogP contribution >= 0.6 is 0 Å². The van der Waals surface area contributed by atoms with Crippen molar-refractivity contribution in [2.24, 2.45) is 0 Å². The predicted molar refractivity (Wildman–Crippen MR) is 128 cm³/mol. The van der Waals surface area contributed by atoms with Crippen LogP contribution in [0.4, 0.5) is 5.69 Å². The summed E-state index contributed by atoms with van der Waals surface area (Å²) >= 11 is 0. The van der Waals surface area contributed by atoms with Crippen molar-refractivity contribution in [3.8, 4) is 16.9 Å². The first-order chi connectivity index (χ1) is 16.3. The van der Waals surface area contributed by atoms with Crippen molar-refractivity contribution < 1.29 is 4.79 Å². The minimum absolute atomic E-state index is 0.224. The van der Waals surface area contributed by atoms with Crippen molar-refractivity contribution in [3.05, 3.63) is 127 Å². The normalized spacial score (nSPS) is 10.7. The number of hydrogen-bond acceptors (Lipinski definition) is 4. The molecule has 33 heavy (non-hydrogen) atoms. The summed E-state index contributed by atoms with van der Waals surface area (Å²) in [6.45, 7) is 0. The fourth-order valence-electron chi connectivity index (χ4n) is 3.61. The number of carbonyl (C=O) groups is 1. The maximum Gasteiger partial charge on any atom is 0.259 e. The van der Waals surface area contributed by atoms with Gasteiger partial charge in [-0.15, -0.1) is 0 Å². The molecule has 1 amide bonds. The van der Waals surface area contributed by atoms with E-state index in [1.165, 1.54) is 5.56 Å². The van der Waals surface area contributed by atoms with Gasteiger partial charge in [-0.25, -0.2) is 4.68 Å². The van der Waals surface area contributed by atoms with E-state index in [1.807, 2.05) is 78.9 Å². The number of carbonyl (C=O) groups excluding carboxylic acids is 1. The maximum atomic E-state index is 13.2. The number of pyridine rings is 2. The van der Waals surface area contributed by atoms with Gasteiger partial charge in [0.15, 0.2) is 0 Å². The number of amides is 1. The summed E-state index contributed by atoms with van der Waals surface area (Å²) in [5.41, 5.74) is 5.80. The SMILES string of the molecule is O=C(Nc1ccc(Cc2ccncc2)cc1)c1cn(-c2ccccc2)nc1-c1cccnc1. The molecule has 3 aromatic heterocycles. The van der Waals surface area contributed by atoms with Crippen LogP contribution in [0.15, 0.2) is 110 Å². The Labute approximate surface area is 191 Å². The Kier molecular flexibility index (Phi) is 5.72. The van der Waals surface area contributed by atoms with Crippen LogP contribution in [0.3, 0.4) is 0 Å². The summed E-state index contributed by atoms with van der Waals surface area (Å²) in [4.78, 5) is 21.5. The molecular weight excluding hydrogens is 410 g/mol. The predicted octanol–water partition coefficient (Wildman–Crippen LogP) is 5.17. The molecule has 0 saturated carbocycles. The Bertz CT molecular complexity index is 1350. The number of nitrogens with one attached hydrogen (secondary N) is 1. The highest BCUT2D eigenvalue weighted by Crippen LogP contribution is 2.24. The van der Waals surface area contributed by atoms with Crippen LogP contribution in [0.1, 0.15) is 21.5 Å². The molecule has 3 heterocycles. The minimum atomic E-state index is -0.224. The summed E-state index contributed by atoms with van der Waals surface area (Å²) in [7, 11) is 0. The zero-order chi connectivity index (χ0) is 22.5. The average molecular weight is 431 g/mol. The van der Waals surface area contributed by atoms with Crippen molar-refractivity contribution >= 4 is 11.6 Å². The number of anilines is 1. The number of para-hydroxylation sites is 1. The molecule has 6 nitrogen and oxygen atoms in total. The van der Waals surface area contributed by atoms with Crippen LogP contribution in [-0.4, -0.2) is 25.7 Å². The second-order valence-electron chi connectivity index (χ2n) is 7.60. The summed E-state index contributed by atoms with van der Waals surface area (Å²) < 4.78 is 1.72. The molecule has 0 aliphatic heterocycles. The molecule has 0 aliphatic rings. The molecule has 0 spiro atoms. The van der Waals surface area contributed by atoms with E-state index in [1.54, 1.807) is 35.7 Å². The van der Waals surface area contributed by atoms with E-state index in [4.69, 9.17) is 0 Å². The van der Waals surface area contributed by atoms with Crippen molar-refractivity contribution in [3.63, 3.8) is 0 Å². The first-order valence-corrected chi connectivity index (χ1v) is 10.6. The highest BCUT2D eigenvalue weighted by Gasteiger charge is 2.19. The van der Waals surface area contributed by atoms with Gasteiger partial charge in [0.05, 0.1) is 11.3 Å². The lowest BCUT2D eigenvalue weighted by Gasteiger charge is -2.07. The third-order valence-corrected chi connectivity index (χ3v) is 5.28. The first kappa shape index (κ1) is 20.3. The van der Waals surface area contributed by atoms with Gasteiger partial charge in [0, 0.05) is 42.2 Å². The van der Waals surface area contributed by atoms with Gasteiger partial charge in [-0.05, 0) is 66.1 Å². The van der Waals surface area contributed by atoms with Crippen LogP contribution < -0.4 is 5.32 Å². The van der Waals surface area contributed by atoms with Gasteiger partial charge < -0.3 is 5.32 Å². The van der Waals surface area contributed by atoms with Gasteiger partial charge in [-0.3, -0.25) is 14.8 Å². The number of rotatable bonds is 6. The average Bonchev–Trinajstić information content (AvgIpc) is 3.33. The fourth-order valence-corrected chi connectivity index (χ4v) is 3.61. The lowest BCUT2D eigenvalue weighted by atomic mass is 10.1. The first-order valence-electron chi connectivity index (χ1n) is 10.6. The summed E-state index contributed by atoms with van der Waals surface area (Å²) in [5.74, 6) is -0.224. The summed E-state index contributed by atoms with van der Waals surface area (Å²) in [6, 6.07) is 25.3. The van der Waals surface area contributed by atoms with E-state index in [-0.39, 0.29) is 5.91 Å². The summed E-state index contributed by atoms with van der Waals surface area (Å²) in [5, 5.41) is 7.69. The van der Waals surface area contributed by atoms with E-state index in [2.05, 4.69) is 20.4 Å². The van der Waals surface area contributed by atoms with Gasteiger partial charge in [-0.2, -0.15) is 5.10 Å². The zero-order valence-electron chi connectivity index (χ0n) is 17.8. The van der Waals surface area contributed by atoms with Crippen molar-refractivity contribution in [2.45, 2.75) is 6.42 Å². The van der Waals surface area contributed by atoms with Gasteiger partial charge in [0.25, 0.3) is 5.91 Å². The summed E-state index contributed by atoms with van der Waals surface area (Å²) in [6.07, 6.45) is 9.56. The third-order valence-electron chi connectivity index (χ3n) is 5.28. The molecule has 5 aromatic rings. The second-order valence-corrected chi connectivity index (χ2v) is 7.60. The van der Waals surface area contributed by atoms with Gasteiger partial charge in [0.2, 0.25) is 0 Å². The lowest BCUT2D eigenvalue weighted by Crippen LogP contribution is -2.12. The van der Waals surface area contributed by atoms with Crippen LogP contribution in [0, 0.1) is 0 Å². The Morgan fingerprint density at radius 2 is 1.55 bits per heavy atom. The Morgan fingerprint density at radius 1 is 0.788 bits per heavy atom. The molecule has 0 atom stereocenters. The highest BCUT2D eigenvalue weighted by atomic mass is 16.1. The standard InChI is InChI=1S/C27H21N5O/c33-27(30-23-10-8-20(9-11-23)17-21-12-15-28-16-13-21)25-19-32(24-6-2-1-3-7-24)31-26(25)22-5-4-14-29-18-22/h1-16,18-19H,17H2,(H,30,33). The molecule has 0 saturated heterocycles. The maximum absolute atomic E-state index is 13.2. The second kappa shape index (κ2) is 9.28. The molecular formula is C27H21N5O. The van der Waals surface area contributed by atoms with Gasteiger partial charge in [0.1, 0.15) is 5.69 Å². The molecule has 6 heteroatoms. The number of aromatic nitrogens is 4. The topological polar surface area (TPSA) is 72.7 Å². The van der Waals surface area contributed by atoms with Crippen LogP contribution in [-0.2, 0) is 6.42 Å². The number of hydrogen-bond donors (Lipinski definition) is 1. The Morgan fingerprint density at radius 3 is 2.27 bits per heavy atom. The molecule has 0 bridgehead atoms. The van der Waals surface area contributed by atoms with Gasteiger partial charge in [-0.1, -0.05) is 30.3 Å². The van der Waals surface area contributed by atoms with E-state index < -0.39 is 0 Å².